The predicted octanol–water partition coefficient (Wildman–Crippen LogP) is 3.35. The molecular formula is C17H22N2. The third kappa shape index (κ3) is 3.66. The van der Waals surface area contributed by atoms with Gasteiger partial charge >= 0.3 is 0 Å². The second-order valence-electron chi connectivity index (χ2n) is 5.00. The molecular weight excluding hydrogens is 232 g/mol. The van der Waals surface area contributed by atoms with E-state index in [4.69, 9.17) is 5.73 Å². The number of hydrogen-bond donors (Lipinski definition) is 2. The first-order chi connectivity index (χ1) is 9.20. The lowest BCUT2D eigenvalue weighted by atomic mass is 10.0. The monoisotopic (exact) mass is 254 g/mol. The normalized spacial score (nSPS) is 14.1. The van der Waals surface area contributed by atoms with E-state index in [-0.39, 0.29) is 12.1 Å². The fourth-order valence-corrected chi connectivity index (χ4v) is 2.33. The Morgan fingerprint density at radius 2 is 1.68 bits per heavy atom. The molecule has 0 saturated heterocycles. The van der Waals surface area contributed by atoms with Crippen molar-refractivity contribution in [2.75, 3.05) is 6.54 Å². The van der Waals surface area contributed by atoms with Crippen molar-refractivity contribution >= 4 is 0 Å². The molecule has 0 aliphatic heterocycles. The van der Waals surface area contributed by atoms with Crippen LogP contribution in [0, 0.1) is 6.92 Å². The molecule has 2 unspecified atom stereocenters. The Morgan fingerprint density at radius 1 is 1.00 bits per heavy atom. The lowest BCUT2D eigenvalue weighted by Crippen LogP contribution is -2.30. The average molecular weight is 254 g/mol. The van der Waals surface area contributed by atoms with E-state index >= 15 is 0 Å². The van der Waals surface area contributed by atoms with Gasteiger partial charge in [0.05, 0.1) is 0 Å². The molecule has 0 heterocycles. The van der Waals surface area contributed by atoms with Gasteiger partial charge in [0.25, 0.3) is 0 Å². The summed E-state index contributed by atoms with van der Waals surface area (Å²) in [6, 6.07) is 19.5. The lowest BCUT2D eigenvalue weighted by molar-refractivity contribution is 0.473. The topological polar surface area (TPSA) is 38.0 Å². The molecule has 2 rings (SSSR count). The molecule has 2 aromatic carbocycles. The summed E-state index contributed by atoms with van der Waals surface area (Å²) in [6.45, 7) is 4.88. The molecule has 3 N–H and O–H groups in total. The molecule has 2 atom stereocenters. The second kappa shape index (κ2) is 6.50. The molecule has 0 radical (unpaired) electrons. The maximum atomic E-state index is 5.92. The number of benzene rings is 2. The quantitative estimate of drug-likeness (QED) is 0.858. The van der Waals surface area contributed by atoms with Gasteiger partial charge in [-0.15, -0.1) is 0 Å². The van der Waals surface area contributed by atoms with Gasteiger partial charge in [0.15, 0.2) is 0 Å². The summed E-state index contributed by atoms with van der Waals surface area (Å²) in [4.78, 5) is 0. The molecule has 0 fully saturated rings. The van der Waals surface area contributed by atoms with Crippen molar-refractivity contribution in [3.05, 3.63) is 71.3 Å². The Balaban J connectivity index is 2.11. The van der Waals surface area contributed by atoms with Gasteiger partial charge in [-0.1, -0.05) is 60.2 Å². The Kier molecular flexibility index (Phi) is 4.72. The van der Waals surface area contributed by atoms with Crippen molar-refractivity contribution < 1.29 is 0 Å². The van der Waals surface area contributed by atoms with Gasteiger partial charge < -0.3 is 11.1 Å². The van der Waals surface area contributed by atoms with E-state index in [0.29, 0.717) is 6.54 Å². The van der Waals surface area contributed by atoms with E-state index in [0.717, 1.165) is 0 Å². The molecule has 2 nitrogen and oxygen atoms in total. The van der Waals surface area contributed by atoms with Crippen molar-refractivity contribution in [3.63, 3.8) is 0 Å². The van der Waals surface area contributed by atoms with E-state index in [1.807, 2.05) is 6.07 Å². The fraction of sp³-hybridized carbons (Fsp3) is 0.294. The van der Waals surface area contributed by atoms with E-state index in [1.54, 1.807) is 0 Å². The van der Waals surface area contributed by atoms with Gasteiger partial charge in [-0.3, -0.25) is 0 Å². The van der Waals surface area contributed by atoms with Crippen LogP contribution in [0.2, 0.25) is 0 Å². The number of aryl methyl sites for hydroxylation is 1. The zero-order valence-electron chi connectivity index (χ0n) is 11.6. The average Bonchev–Trinajstić information content (AvgIpc) is 2.45. The summed E-state index contributed by atoms with van der Waals surface area (Å²) in [5.41, 5.74) is 9.73. The Labute approximate surface area is 115 Å². The molecule has 2 aromatic rings. The van der Waals surface area contributed by atoms with Gasteiger partial charge in [-0.25, -0.2) is 0 Å². The van der Waals surface area contributed by atoms with Crippen LogP contribution >= 0.6 is 0 Å². The summed E-state index contributed by atoms with van der Waals surface area (Å²) < 4.78 is 0. The number of rotatable bonds is 5. The molecule has 0 spiro atoms. The highest BCUT2D eigenvalue weighted by Gasteiger charge is 2.13. The van der Waals surface area contributed by atoms with E-state index < -0.39 is 0 Å². The minimum atomic E-state index is 0.190. The van der Waals surface area contributed by atoms with E-state index in [9.17, 15) is 0 Å². The van der Waals surface area contributed by atoms with Crippen LogP contribution in [-0.4, -0.2) is 6.54 Å². The van der Waals surface area contributed by atoms with Crippen molar-refractivity contribution in [2.24, 2.45) is 5.73 Å². The third-order valence-corrected chi connectivity index (χ3v) is 3.43. The van der Waals surface area contributed by atoms with Crippen LogP contribution in [0.3, 0.4) is 0 Å². The summed E-state index contributed by atoms with van der Waals surface area (Å²) in [5, 5.41) is 3.60. The Morgan fingerprint density at radius 3 is 2.32 bits per heavy atom. The largest absolute Gasteiger partial charge is 0.329 e. The molecule has 0 bridgehead atoms. The van der Waals surface area contributed by atoms with Crippen molar-refractivity contribution in [1.29, 1.82) is 0 Å². The van der Waals surface area contributed by atoms with Gasteiger partial charge in [-0.2, -0.15) is 0 Å². The highest BCUT2D eigenvalue weighted by Crippen LogP contribution is 2.19. The first-order valence-electron chi connectivity index (χ1n) is 6.78. The van der Waals surface area contributed by atoms with Crippen LogP contribution in [0.1, 0.15) is 35.7 Å². The molecule has 19 heavy (non-hydrogen) atoms. The number of hydrogen-bond acceptors (Lipinski definition) is 2. The maximum absolute atomic E-state index is 5.92. The molecule has 0 aromatic heterocycles. The number of nitrogens with one attached hydrogen (secondary N) is 1. The highest BCUT2D eigenvalue weighted by molar-refractivity contribution is 5.26. The SMILES string of the molecule is Cc1cccc(C(CN)NC(C)c2ccccc2)c1. The summed E-state index contributed by atoms with van der Waals surface area (Å²) in [7, 11) is 0. The second-order valence-corrected chi connectivity index (χ2v) is 5.00. The molecule has 0 saturated carbocycles. The zero-order valence-corrected chi connectivity index (χ0v) is 11.6. The zero-order chi connectivity index (χ0) is 13.7. The molecule has 2 heteroatoms. The first-order valence-corrected chi connectivity index (χ1v) is 6.78. The van der Waals surface area contributed by atoms with Gasteiger partial charge in [0, 0.05) is 18.6 Å². The Bertz CT molecular complexity index is 508. The van der Waals surface area contributed by atoms with Crippen LogP contribution in [0.25, 0.3) is 0 Å². The lowest BCUT2D eigenvalue weighted by Gasteiger charge is -2.23. The van der Waals surface area contributed by atoms with Crippen LogP contribution in [0.4, 0.5) is 0 Å². The van der Waals surface area contributed by atoms with Gasteiger partial charge in [-0.05, 0) is 25.0 Å². The third-order valence-electron chi connectivity index (χ3n) is 3.43. The van der Waals surface area contributed by atoms with E-state index in [2.05, 4.69) is 67.7 Å². The van der Waals surface area contributed by atoms with Crippen LogP contribution < -0.4 is 11.1 Å². The number of nitrogens with two attached hydrogens (primary N) is 1. The van der Waals surface area contributed by atoms with Crippen molar-refractivity contribution in [1.82, 2.24) is 5.32 Å². The molecule has 100 valence electrons. The molecule has 0 amide bonds. The maximum Gasteiger partial charge on any atom is 0.0449 e. The van der Waals surface area contributed by atoms with Crippen LogP contribution in [0.15, 0.2) is 54.6 Å². The van der Waals surface area contributed by atoms with Gasteiger partial charge in [0.2, 0.25) is 0 Å². The van der Waals surface area contributed by atoms with E-state index in [1.165, 1.54) is 16.7 Å². The van der Waals surface area contributed by atoms with Crippen molar-refractivity contribution in [3.8, 4) is 0 Å². The predicted molar refractivity (Wildman–Crippen MR) is 81.0 cm³/mol. The molecule has 0 aliphatic rings. The summed E-state index contributed by atoms with van der Waals surface area (Å²) in [6.07, 6.45) is 0. The standard InChI is InChI=1S/C17H22N2/c1-13-7-6-10-16(11-13)17(12-18)19-14(2)15-8-4-3-5-9-15/h3-11,14,17,19H,12,18H2,1-2H3. The summed E-state index contributed by atoms with van der Waals surface area (Å²) in [5.74, 6) is 0. The minimum Gasteiger partial charge on any atom is -0.329 e. The summed E-state index contributed by atoms with van der Waals surface area (Å²) >= 11 is 0. The fourth-order valence-electron chi connectivity index (χ4n) is 2.33. The van der Waals surface area contributed by atoms with Crippen molar-refractivity contribution in [2.45, 2.75) is 25.9 Å². The Hall–Kier alpha value is -1.64. The first kappa shape index (κ1) is 13.8. The van der Waals surface area contributed by atoms with Gasteiger partial charge in [0.1, 0.15) is 0 Å². The van der Waals surface area contributed by atoms with Crippen LogP contribution in [0.5, 0.6) is 0 Å². The van der Waals surface area contributed by atoms with Crippen LogP contribution in [-0.2, 0) is 0 Å². The minimum absolute atomic E-state index is 0.190. The highest BCUT2D eigenvalue weighted by atomic mass is 15.0. The smallest absolute Gasteiger partial charge is 0.0449 e. The molecule has 0 aliphatic carbocycles.